The van der Waals surface area contributed by atoms with Crippen LogP contribution >= 0.6 is 0 Å². The number of fused-ring (bicyclic) bond motifs is 8. The fraction of sp³-hybridized carbons (Fsp3) is 0.200. The third-order valence-electron chi connectivity index (χ3n) is 11.8. The van der Waals surface area contributed by atoms with Gasteiger partial charge in [0, 0.05) is 70.7 Å². The molecule has 12 heteroatoms. The van der Waals surface area contributed by atoms with Gasteiger partial charge in [-0.1, -0.05) is 119 Å². The van der Waals surface area contributed by atoms with Gasteiger partial charge in [0.15, 0.2) is 0 Å². The Morgan fingerprint density at radius 1 is 0.347 bits per heavy atom. The molecule has 7 aromatic rings. The third kappa shape index (κ3) is 15.2. The van der Waals surface area contributed by atoms with E-state index in [1.165, 1.54) is 47.9 Å². The van der Waals surface area contributed by atoms with Crippen molar-refractivity contribution in [2.24, 2.45) is 0 Å². The van der Waals surface area contributed by atoms with Crippen LogP contribution in [0.1, 0.15) is 70.7 Å². The molecule has 2 saturated heterocycles. The Balaban J connectivity index is 0.000000593. The minimum Gasteiger partial charge on any atom is 3.00 e. The Kier molecular flexibility index (Phi) is 25.7. The van der Waals surface area contributed by atoms with Crippen molar-refractivity contribution in [2.45, 2.75) is 53.4 Å². The number of rotatable bonds is 4. The second-order valence-electron chi connectivity index (χ2n) is 16.6. The molecule has 7 heterocycles. The van der Waals surface area contributed by atoms with Crippen LogP contribution in [-0.4, -0.2) is 46.4 Å². The summed E-state index contributed by atoms with van der Waals surface area (Å²) in [6, 6.07) is 43.6. The first kappa shape index (κ1) is 59.7. The summed E-state index contributed by atoms with van der Waals surface area (Å²) in [6.07, 6.45) is 13.7. The van der Waals surface area contributed by atoms with Gasteiger partial charge in [0.1, 0.15) is 0 Å². The van der Waals surface area contributed by atoms with Gasteiger partial charge in [0.05, 0.1) is 22.8 Å². The van der Waals surface area contributed by atoms with Crippen LogP contribution < -0.4 is 0 Å². The van der Waals surface area contributed by atoms with E-state index in [4.69, 9.17) is 38.1 Å². The molecule has 0 aliphatic carbocycles. The molecular weight excluding hydrogens is 984 g/mol. The standard InChI is InChI=1S/C48H38N4.2C4H8O.4CO.Co.Cr/c1-29-5-13-33(14-6-29)45-37-21-23-39(49-37)46(34-15-7-30(2)8-16-34)41-25-27-43(51-41)48(36-19-11-32(4)12-20-36)44-28-26-42(52-44)47(40-24-22-38(45)50-40)35-17-9-31(3)10-18-35;2*1-2-4-5-3-1;4*1-2;;/h5-28,49,52H,1-4H3;2*1-4H2;;;;;;/q;;;;;;;2*+3. The minimum absolute atomic E-state index is 0. The van der Waals surface area contributed by atoms with Crippen LogP contribution in [-0.2, 0) is 62.2 Å². The van der Waals surface area contributed by atoms with Crippen molar-refractivity contribution in [3.8, 4) is 44.5 Å². The van der Waals surface area contributed by atoms with Crippen LogP contribution in [0.2, 0.25) is 0 Å². The van der Waals surface area contributed by atoms with Crippen LogP contribution in [0.25, 0.3) is 90.9 Å². The molecule has 3 aromatic heterocycles. The van der Waals surface area contributed by atoms with Crippen molar-refractivity contribution in [3.63, 3.8) is 0 Å². The number of nitrogens with one attached hydrogen (secondary N) is 2. The van der Waals surface area contributed by atoms with E-state index in [1.54, 1.807) is 0 Å². The van der Waals surface area contributed by atoms with Crippen molar-refractivity contribution in [2.75, 3.05) is 26.4 Å². The topological polar surface area (TPSA) is 155 Å². The summed E-state index contributed by atoms with van der Waals surface area (Å²) in [5, 5.41) is 0. The van der Waals surface area contributed by atoms with Crippen molar-refractivity contribution >= 4 is 46.4 Å². The Morgan fingerprint density at radius 3 is 0.708 bits per heavy atom. The van der Waals surface area contributed by atoms with Crippen LogP contribution in [0.4, 0.5) is 0 Å². The molecule has 4 aliphatic rings. The molecule has 1 radical (unpaired) electrons. The van der Waals surface area contributed by atoms with E-state index in [0.29, 0.717) is 0 Å². The van der Waals surface area contributed by atoms with Crippen molar-refractivity contribution in [1.29, 1.82) is 0 Å². The number of hydrogen-bond acceptors (Lipinski definition) is 4. The molecule has 72 heavy (non-hydrogen) atoms. The normalized spacial score (nSPS) is 12.2. The van der Waals surface area contributed by atoms with E-state index in [0.717, 1.165) is 116 Å². The first-order valence-electron chi connectivity index (χ1n) is 22.8. The zero-order chi connectivity index (χ0) is 50.4. The first-order valence-corrected chi connectivity index (χ1v) is 22.8. The van der Waals surface area contributed by atoms with Crippen molar-refractivity contribution in [3.05, 3.63) is 193 Å². The van der Waals surface area contributed by atoms with Gasteiger partial charge in [0.25, 0.3) is 0 Å². The Bertz CT molecular complexity index is 2720. The molecule has 0 atom stereocenters. The van der Waals surface area contributed by atoms with Crippen LogP contribution in [0.3, 0.4) is 0 Å². The molecule has 0 saturated carbocycles. The maximum absolute atomic E-state index is 7.50. The number of aryl methyl sites for hydroxylation is 4. The zero-order valence-electron chi connectivity index (χ0n) is 40.6. The second kappa shape index (κ2) is 31.0. The van der Waals surface area contributed by atoms with E-state index in [1.807, 2.05) is 0 Å². The van der Waals surface area contributed by atoms with Gasteiger partial charge in [-0.2, -0.15) is 0 Å². The summed E-state index contributed by atoms with van der Waals surface area (Å²) < 4.78 is 39.9. The smallest absolute Gasteiger partial charge is 3.00 e. The number of nitrogens with zero attached hydrogens (tertiary/aromatic N) is 2. The zero-order valence-corrected chi connectivity index (χ0v) is 42.9. The number of hydrogen-bond donors (Lipinski definition) is 2. The quantitative estimate of drug-likeness (QED) is 0.133. The van der Waals surface area contributed by atoms with Gasteiger partial charge >= 0.3 is 79.4 Å². The van der Waals surface area contributed by atoms with Crippen molar-refractivity contribution < 1.29 is 62.2 Å². The largest absolute Gasteiger partial charge is 3.00 e. The molecule has 4 aliphatic heterocycles. The van der Waals surface area contributed by atoms with Gasteiger partial charge in [-0.3, -0.25) is 0 Å². The maximum Gasteiger partial charge on any atom is 3.00 e. The van der Waals surface area contributed by atoms with E-state index in [-0.39, 0.29) is 34.1 Å². The molecule has 2 fully saturated rings. The third-order valence-corrected chi connectivity index (χ3v) is 11.8. The summed E-state index contributed by atoms with van der Waals surface area (Å²) in [7, 11) is 0. The molecule has 11 rings (SSSR count). The molecule has 0 amide bonds. The maximum atomic E-state index is 7.50. The van der Waals surface area contributed by atoms with Crippen molar-refractivity contribution in [1.82, 2.24) is 19.9 Å². The predicted molar refractivity (Wildman–Crippen MR) is 275 cm³/mol. The minimum atomic E-state index is 0. The van der Waals surface area contributed by atoms with E-state index in [2.05, 4.69) is 210 Å². The summed E-state index contributed by atoms with van der Waals surface area (Å²) in [6.45, 7) is 30.5. The fourth-order valence-corrected chi connectivity index (χ4v) is 8.32. The van der Waals surface area contributed by atoms with Crippen LogP contribution in [0, 0.1) is 54.3 Å². The molecule has 4 aromatic carbocycles. The average molecular weight is 1040 g/mol. The van der Waals surface area contributed by atoms with Gasteiger partial charge in [-0.15, -0.1) is 0 Å². The summed E-state index contributed by atoms with van der Waals surface area (Å²) in [4.78, 5) is 18.5. The average Bonchev–Trinajstić information content (AvgIpc) is 4.27. The number of aromatic amines is 2. The molecule has 0 spiro atoms. The van der Waals surface area contributed by atoms with E-state index >= 15 is 0 Å². The van der Waals surface area contributed by atoms with Gasteiger partial charge in [-0.05, 0) is 124 Å². The molecule has 0 unspecified atom stereocenters. The molecule has 2 N–H and O–H groups in total. The SMILES string of the molecule is C1CCOC1.C1CCOC1.Cc1ccc(-c2c3nc(c(-c4ccc(C)cc4)c4ccc([nH]4)c(-c4ccc(C)cc4)c4nc(c(-c5ccc(C)cc5)c5ccc2[nH]5)C=C4)C=C3)cc1.[C-]#[O+].[C-]#[O+].[C-]#[O+].[C-]#[O+].[Co+3].[Cr+3]. The Labute approximate surface area is 443 Å². The number of aromatic nitrogens is 4. The Morgan fingerprint density at radius 2 is 0.542 bits per heavy atom. The van der Waals surface area contributed by atoms with Gasteiger partial charge in [-0.25, -0.2) is 9.97 Å². The van der Waals surface area contributed by atoms with E-state index in [9.17, 15) is 0 Å². The fourth-order valence-electron chi connectivity index (χ4n) is 8.32. The van der Waals surface area contributed by atoms with Crippen LogP contribution in [0.15, 0.2) is 121 Å². The molecule has 359 valence electrons. The van der Waals surface area contributed by atoms with Gasteiger partial charge < -0.3 is 19.4 Å². The van der Waals surface area contributed by atoms with Crippen LogP contribution in [0.5, 0.6) is 0 Å². The summed E-state index contributed by atoms with van der Waals surface area (Å²) in [5.41, 5.74) is 21.1. The van der Waals surface area contributed by atoms with Gasteiger partial charge in [0.2, 0.25) is 0 Å². The first-order chi connectivity index (χ1) is 34.4. The second-order valence-corrected chi connectivity index (χ2v) is 16.6. The molecule has 10 nitrogen and oxygen atoms in total. The van der Waals surface area contributed by atoms with E-state index < -0.39 is 0 Å². The Hall–Kier alpha value is -6.60. The monoisotopic (exact) mass is 1040 g/mol. The predicted octanol–water partition coefficient (Wildman–Crippen LogP) is 14.0. The number of benzene rings is 4. The number of H-pyrrole nitrogens is 2. The molecule has 8 bridgehead atoms. The molecular formula is C60H54CoCrN4O6+6. The summed E-state index contributed by atoms with van der Waals surface area (Å²) in [5.74, 6) is 0. The number of ether oxygens (including phenoxy) is 2. The summed E-state index contributed by atoms with van der Waals surface area (Å²) >= 11 is 0.